The fourth-order valence-corrected chi connectivity index (χ4v) is 2.19. The Bertz CT molecular complexity index is 631. The molecule has 0 radical (unpaired) electrons. The Hall–Kier alpha value is -1.59. The molecule has 104 valence electrons. The quantitative estimate of drug-likeness (QED) is 0.860. The van der Waals surface area contributed by atoms with E-state index < -0.39 is 0 Å². The number of hydrogen-bond acceptors (Lipinski definition) is 3. The van der Waals surface area contributed by atoms with Crippen molar-refractivity contribution in [3.63, 3.8) is 0 Å². The van der Waals surface area contributed by atoms with Crippen LogP contribution in [0.1, 0.15) is 15.9 Å². The summed E-state index contributed by atoms with van der Waals surface area (Å²) in [6.07, 6.45) is 1.39. The van der Waals surface area contributed by atoms with Crippen molar-refractivity contribution in [2.75, 3.05) is 12.8 Å². The topological polar surface area (TPSA) is 59.2 Å². The molecule has 0 aliphatic heterocycles. The highest BCUT2D eigenvalue weighted by molar-refractivity contribution is 9.10. The van der Waals surface area contributed by atoms with E-state index in [1.165, 1.54) is 12.3 Å². The molecule has 1 amide bonds. The van der Waals surface area contributed by atoms with Gasteiger partial charge in [0.15, 0.2) is 0 Å². The maximum Gasteiger partial charge on any atom is 0.256 e. The normalized spacial score (nSPS) is 10.3. The Morgan fingerprint density at radius 2 is 2.05 bits per heavy atom. The standard InChI is InChI=1S/C14H13BrClN3O/c1-19(8-9-2-4-10(15)5-3-9)14(20)11-6-13(16)18-7-12(11)17/h2-7H,8,17H2,1H3. The van der Waals surface area contributed by atoms with E-state index in [0.29, 0.717) is 17.8 Å². The van der Waals surface area contributed by atoms with E-state index in [0.717, 1.165) is 10.0 Å². The van der Waals surface area contributed by atoms with Gasteiger partial charge in [0.1, 0.15) is 5.15 Å². The number of halogens is 2. The van der Waals surface area contributed by atoms with Crippen molar-refractivity contribution in [2.45, 2.75) is 6.54 Å². The molecule has 0 aliphatic carbocycles. The Morgan fingerprint density at radius 3 is 2.70 bits per heavy atom. The molecule has 6 heteroatoms. The largest absolute Gasteiger partial charge is 0.397 e. The van der Waals surface area contributed by atoms with Gasteiger partial charge in [-0.2, -0.15) is 0 Å². The maximum atomic E-state index is 12.3. The fraction of sp³-hybridized carbons (Fsp3) is 0.143. The van der Waals surface area contributed by atoms with Gasteiger partial charge in [-0.1, -0.05) is 39.7 Å². The minimum atomic E-state index is -0.185. The smallest absolute Gasteiger partial charge is 0.256 e. The Kier molecular flexibility index (Phi) is 4.62. The number of aromatic nitrogens is 1. The van der Waals surface area contributed by atoms with Crippen molar-refractivity contribution >= 4 is 39.1 Å². The SMILES string of the molecule is CN(Cc1ccc(Br)cc1)C(=O)c1cc(Cl)ncc1N. The molecule has 0 bridgehead atoms. The van der Waals surface area contributed by atoms with E-state index in [1.807, 2.05) is 24.3 Å². The molecule has 4 nitrogen and oxygen atoms in total. The number of amides is 1. The van der Waals surface area contributed by atoms with Crippen LogP contribution >= 0.6 is 27.5 Å². The van der Waals surface area contributed by atoms with Crippen molar-refractivity contribution in [1.82, 2.24) is 9.88 Å². The van der Waals surface area contributed by atoms with Crippen LogP contribution in [-0.4, -0.2) is 22.8 Å². The first kappa shape index (κ1) is 14.8. The Labute approximate surface area is 130 Å². The molecule has 1 aromatic heterocycles. The third-order valence-corrected chi connectivity index (χ3v) is 3.55. The van der Waals surface area contributed by atoms with Gasteiger partial charge in [0.2, 0.25) is 0 Å². The van der Waals surface area contributed by atoms with Crippen molar-refractivity contribution < 1.29 is 4.79 Å². The second kappa shape index (κ2) is 6.24. The van der Waals surface area contributed by atoms with Crippen molar-refractivity contribution in [2.24, 2.45) is 0 Å². The predicted molar refractivity (Wildman–Crippen MR) is 83.6 cm³/mol. The minimum Gasteiger partial charge on any atom is -0.397 e. The Balaban J connectivity index is 2.16. The van der Waals surface area contributed by atoms with E-state index in [1.54, 1.807) is 11.9 Å². The average Bonchev–Trinajstić information content (AvgIpc) is 2.43. The summed E-state index contributed by atoms with van der Waals surface area (Å²) in [7, 11) is 1.72. The van der Waals surface area contributed by atoms with E-state index in [2.05, 4.69) is 20.9 Å². The number of nitrogens with two attached hydrogens (primary N) is 1. The maximum absolute atomic E-state index is 12.3. The number of carbonyl (C=O) groups is 1. The van der Waals surface area contributed by atoms with Gasteiger partial charge in [-0.3, -0.25) is 4.79 Å². The van der Waals surface area contributed by atoms with Crippen molar-refractivity contribution in [3.8, 4) is 0 Å². The summed E-state index contributed by atoms with van der Waals surface area (Å²) >= 11 is 9.18. The number of pyridine rings is 1. The average molecular weight is 355 g/mol. The van der Waals surface area contributed by atoms with Crippen LogP contribution in [0.4, 0.5) is 5.69 Å². The molecule has 1 heterocycles. The molecule has 1 aromatic carbocycles. The highest BCUT2D eigenvalue weighted by atomic mass is 79.9. The Morgan fingerprint density at radius 1 is 1.40 bits per heavy atom. The predicted octanol–water partition coefficient (Wildman–Crippen LogP) is 3.35. The molecule has 2 N–H and O–H groups in total. The molecule has 0 saturated carbocycles. The van der Waals surface area contributed by atoms with Crippen LogP contribution in [0.3, 0.4) is 0 Å². The summed E-state index contributed by atoms with van der Waals surface area (Å²) in [6, 6.07) is 9.27. The number of nitrogens with zero attached hydrogens (tertiary/aromatic N) is 2. The molecule has 2 aromatic rings. The highest BCUT2D eigenvalue weighted by Crippen LogP contribution is 2.18. The van der Waals surface area contributed by atoms with Gasteiger partial charge in [-0.05, 0) is 23.8 Å². The molecule has 2 rings (SSSR count). The van der Waals surface area contributed by atoms with Crippen molar-refractivity contribution in [3.05, 3.63) is 57.3 Å². The molecule has 0 aliphatic rings. The molecule has 20 heavy (non-hydrogen) atoms. The third-order valence-electron chi connectivity index (χ3n) is 2.81. The van der Waals surface area contributed by atoms with Crippen LogP contribution in [0.25, 0.3) is 0 Å². The van der Waals surface area contributed by atoms with Crippen LogP contribution in [0.2, 0.25) is 5.15 Å². The van der Waals surface area contributed by atoms with Gasteiger partial charge in [-0.15, -0.1) is 0 Å². The van der Waals surface area contributed by atoms with Gasteiger partial charge in [0, 0.05) is 18.1 Å². The highest BCUT2D eigenvalue weighted by Gasteiger charge is 2.16. The molecule has 0 unspecified atom stereocenters. The van der Waals surface area contributed by atoms with Gasteiger partial charge in [0.25, 0.3) is 5.91 Å². The number of anilines is 1. The summed E-state index contributed by atoms with van der Waals surface area (Å²) in [5.74, 6) is -0.185. The second-order valence-electron chi connectivity index (χ2n) is 4.38. The van der Waals surface area contributed by atoms with Gasteiger partial charge in [-0.25, -0.2) is 4.98 Å². The van der Waals surface area contributed by atoms with Crippen LogP contribution in [0.15, 0.2) is 41.0 Å². The summed E-state index contributed by atoms with van der Waals surface area (Å²) in [5.41, 5.74) is 7.48. The summed E-state index contributed by atoms with van der Waals surface area (Å²) in [5, 5.41) is 0.250. The number of nitrogen functional groups attached to an aromatic ring is 1. The molecule has 0 atom stereocenters. The summed E-state index contributed by atoms with van der Waals surface area (Å²) < 4.78 is 1.00. The lowest BCUT2D eigenvalue weighted by atomic mass is 10.1. The summed E-state index contributed by atoms with van der Waals surface area (Å²) in [4.78, 5) is 17.8. The number of carbonyl (C=O) groups excluding carboxylic acids is 1. The fourth-order valence-electron chi connectivity index (χ4n) is 1.77. The van der Waals surface area contributed by atoms with Crippen molar-refractivity contribution in [1.29, 1.82) is 0 Å². The van der Waals surface area contributed by atoms with Gasteiger partial charge in [0.05, 0.1) is 17.4 Å². The van der Waals surface area contributed by atoms with Crippen LogP contribution in [0.5, 0.6) is 0 Å². The monoisotopic (exact) mass is 353 g/mol. The molecule has 0 saturated heterocycles. The zero-order valence-corrected chi connectivity index (χ0v) is 13.1. The van der Waals surface area contributed by atoms with Crippen LogP contribution in [0, 0.1) is 0 Å². The van der Waals surface area contributed by atoms with Crippen LogP contribution in [-0.2, 0) is 6.54 Å². The molecular weight excluding hydrogens is 342 g/mol. The zero-order chi connectivity index (χ0) is 14.7. The number of hydrogen-bond donors (Lipinski definition) is 1. The van der Waals surface area contributed by atoms with Gasteiger partial charge < -0.3 is 10.6 Å². The van der Waals surface area contributed by atoms with Gasteiger partial charge >= 0.3 is 0 Å². The molecule has 0 fully saturated rings. The second-order valence-corrected chi connectivity index (χ2v) is 5.68. The number of benzene rings is 1. The zero-order valence-electron chi connectivity index (χ0n) is 10.8. The molecular formula is C14H13BrClN3O. The first-order valence-corrected chi connectivity index (χ1v) is 7.05. The van der Waals surface area contributed by atoms with E-state index in [-0.39, 0.29) is 11.1 Å². The number of rotatable bonds is 3. The van der Waals surface area contributed by atoms with E-state index >= 15 is 0 Å². The third kappa shape index (κ3) is 3.49. The minimum absolute atomic E-state index is 0.185. The first-order valence-electron chi connectivity index (χ1n) is 5.88. The molecule has 0 spiro atoms. The lowest BCUT2D eigenvalue weighted by molar-refractivity contribution is 0.0786. The lowest BCUT2D eigenvalue weighted by Crippen LogP contribution is -2.27. The lowest BCUT2D eigenvalue weighted by Gasteiger charge is -2.18. The van der Waals surface area contributed by atoms with Crippen LogP contribution < -0.4 is 5.73 Å². The summed E-state index contributed by atoms with van der Waals surface area (Å²) in [6.45, 7) is 0.492. The van der Waals surface area contributed by atoms with E-state index in [9.17, 15) is 4.79 Å². The first-order chi connectivity index (χ1) is 9.47. The van der Waals surface area contributed by atoms with E-state index in [4.69, 9.17) is 17.3 Å².